The van der Waals surface area contributed by atoms with E-state index in [1.54, 1.807) is 0 Å². The molecular weight excluding hydrogens is 385 g/mol. The van der Waals surface area contributed by atoms with Crippen molar-refractivity contribution < 1.29 is 28.1 Å². The molecular formula is C16H13F3N4O5. The van der Waals surface area contributed by atoms with Crippen molar-refractivity contribution in [2.75, 3.05) is 18.4 Å². The van der Waals surface area contributed by atoms with Crippen molar-refractivity contribution in [2.45, 2.75) is 6.18 Å². The highest BCUT2D eigenvalue weighted by molar-refractivity contribution is 5.84. The Kier molecular flexibility index (Phi) is 6.13. The van der Waals surface area contributed by atoms with Crippen LogP contribution in [0.5, 0.6) is 5.75 Å². The molecule has 0 saturated carbocycles. The molecule has 2 aromatic rings. The number of rotatable bonds is 7. The molecule has 0 unspecified atom stereocenters. The summed E-state index contributed by atoms with van der Waals surface area (Å²) in [6, 6.07) is 5.50. The van der Waals surface area contributed by atoms with E-state index in [-0.39, 0.29) is 35.8 Å². The summed E-state index contributed by atoms with van der Waals surface area (Å²) >= 11 is 0. The van der Waals surface area contributed by atoms with Crippen LogP contribution in [0.4, 0.5) is 30.2 Å². The van der Waals surface area contributed by atoms with E-state index in [0.29, 0.717) is 6.07 Å². The molecule has 148 valence electrons. The van der Waals surface area contributed by atoms with Crippen LogP contribution in [0, 0.1) is 20.2 Å². The first-order valence-electron chi connectivity index (χ1n) is 7.66. The van der Waals surface area contributed by atoms with Gasteiger partial charge in [0.1, 0.15) is 11.4 Å². The molecule has 9 nitrogen and oxygen atoms in total. The van der Waals surface area contributed by atoms with Crippen molar-refractivity contribution in [3.63, 3.8) is 0 Å². The lowest BCUT2D eigenvalue weighted by atomic mass is 10.1. The van der Waals surface area contributed by atoms with Gasteiger partial charge in [0.05, 0.1) is 22.0 Å². The average Bonchev–Trinajstić information content (AvgIpc) is 2.61. The second-order valence-corrected chi connectivity index (χ2v) is 5.45. The van der Waals surface area contributed by atoms with Crippen molar-refractivity contribution in [3.8, 4) is 5.75 Å². The van der Waals surface area contributed by atoms with Crippen molar-refractivity contribution in [3.05, 3.63) is 67.8 Å². The smallest absolute Gasteiger partial charge is 0.416 e. The molecule has 0 atom stereocenters. The van der Waals surface area contributed by atoms with Gasteiger partial charge in [-0.05, 0) is 18.2 Å². The number of hydrogen-bond donors (Lipinski definition) is 2. The standard InChI is InChI=1S/C16H13F3N4O5/c17-16(18,19)11-1-3-13(14(8-11)23(27)28)21-6-5-20-9-10-7-12(22(25)26)2-4-15(10)24/h1-4,7-9,21,24H,5-6H2. The number of hydrogen-bond acceptors (Lipinski definition) is 7. The number of nitrogens with one attached hydrogen (secondary N) is 1. The van der Waals surface area contributed by atoms with Crippen LogP contribution in [0.1, 0.15) is 11.1 Å². The Bertz CT molecular complexity index is 931. The third kappa shape index (κ3) is 5.16. The van der Waals surface area contributed by atoms with E-state index < -0.39 is 27.3 Å². The monoisotopic (exact) mass is 398 g/mol. The number of aliphatic imine (C=N–C) groups is 1. The van der Waals surface area contributed by atoms with Crippen molar-refractivity contribution in [1.29, 1.82) is 0 Å². The number of halogens is 3. The zero-order valence-corrected chi connectivity index (χ0v) is 14.0. The van der Waals surface area contributed by atoms with E-state index in [0.717, 1.165) is 30.3 Å². The summed E-state index contributed by atoms with van der Waals surface area (Å²) in [6.07, 6.45) is -3.51. The minimum Gasteiger partial charge on any atom is -0.507 e. The summed E-state index contributed by atoms with van der Waals surface area (Å²) in [5.74, 6) is -0.222. The van der Waals surface area contributed by atoms with Crippen LogP contribution in [0.2, 0.25) is 0 Å². The number of phenolic OH excluding ortho intramolecular Hbond substituents is 1. The fourth-order valence-electron chi connectivity index (χ4n) is 2.19. The van der Waals surface area contributed by atoms with Crippen molar-refractivity contribution in [2.24, 2.45) is 4.99 Å². The summed E-state index contributed by atoms with van der Waals surface area (Å²) < 4.78 is 38.0. The molecule has 0 spiro atoms. The molecule has 0 aliphatic carbocycles. The predicted octanol–water partition coefficient (Wildman–Crippen LogP) is 3.76. The average molecular weight is 398 g/mol. The number of alkyl halides is 3. The number of nitro groups is 2. The van der Waals surface area contributed by atoms with Gasteiger partial charge in [-0.15, -0.1) is 0 Å². The summed E-state index contributed by atoms with van der Waals surface area (Å²) in [5, 5.41) is 34.0. The molecule has 0 fully saturated rings. The van der Waals surface area contributed by atoms with Gasteiger partial charge >= 0.3 is 6.18 Å². The maximum atomic E-state index is 12.7. The molecule has 0 aromatic heterocycles. The number of anilines is 1. The molecule has 2 rings (SSSR count). The maximum Gasteiger partial charge on any atom is 0.416 e. The molecule has 12 heteroatoms. The van der Waals surface area contributed by atoms with Gasteiger partial charge < -0.3 is 10.4 Å². The van der Waals surface area contributed by atoms with Crippen LogP contribution in [-0.4, -0.2) is 34.3 Å². The highest BCUT2D eigenvalue weighted by atomic mass is 19.4. The first-order valence-corrected chi connectivity index (χ1v) is 7.66. The fourth-order valence-corrected chi connectivity index (χ4v) is 2.19. The van der Waals surface area contributed by atoms with E-state index in [1.165, 1.54) is 6.21 Å². The summed E-state index contributed by atoms with van der Waals surface area (Å²) in [5.41, 5.74) is -2.10. The fraction of sp³-hybridized carbons (Fsp3) is 0.188. The molecule has 0 radical (unpaired) electrons. The quantitative estimate of drug-likeness (QED) is 0.316. The van der Waals surface area contributed by atoms with E-state index >= 15 is 0 Å². The molecule has 0 saturated heterocycles. The SMILES string of the molecule is O=[N+]([O-])c1ccc(O)c(C=NCCNc2ccc(C(F)(F)F)cc2[N+](=O)[O-])c1. The summed E-state index contributed by atoms with van der Waals surface area (Å²) in [4.78, 5) is 24.1. The van der Waals surface area contributed by atoms with Crippen LogP contribution < -0.4 is 5.32 Å². The second-order valence-electron chi connectivity index (χ2n) is 5.45. The van der Waals surface area contributed by atoms with Crippen LogP contribution in [0.25, 0.3) is 0 Å². The Labute approximate surface area is 155 Å². The van der Waals surface area contributed by atoms with Gasteiger partial charge in [-0.2, -0.15) is 13.2 Å². The molecule has 0 aliphatic rings. The van der Waals surface area contributed by atoms with Gasteiger partial charge in [0.15, 0.2) is 0 Å². The maximum absolute atomic E-state index is 12.7. The van der Waals surface area contributed by atoms with E-state index in [9.17, 15) is 38.5 Å². The lowest BCUT2D eigenvalue weighted by Gasteiger charge is -2.10. The highest BCUT2D eigenvalue weighted by Gasteiger charge is 2.32. The zero-order valence-electron chi connectivity index (χ0n) is 14.0. The van der Waals surface area contributed by atoms with E-state index in [1.807, 2.05) is 0 Å². The molecule has 0 bridgehead atoms. The Morgan fingerprint density at radius 3 is 2.43 bits per heavy atom. The van der Waals surface area contributed by atoms with E-state index in [4.69, 9.17) is 0 Å². The lowest BCUT2D eigenvalue weighted by molar-refractivity contribution is -0.384. The first-order chi connectivity index (χ1) is 13.1. The van der Waals surface area contributed by atoms with Crippen LogP contribution >= 0.6 is 0 Å². The molecule has 0 amide bonds. The molecule has 0 heterocycles. The first kappa shape index (κ1) is 20.6. The Hall–Kier alpha value is -3.70. The minimum atomic E-state index is -4.70. The summed E-state index contributed by atoms with van der Waals surface area (Å²) in [6.45, 7) is 0.0820. The van der Waals surface area contributed by atoms with Crippen molar-refractivity contribution in [1.82, 2.24) is 0 Å². The third-order valence-corrected chi connectivity index (χ3v) is 3.53. The van der Waals surface area contributed by atoms with Gasteiger partial charge in [0.2, 0.25) is 0 Å². The van der Waals surface area contributed by atoms with Crippen LogP contribution in [0.15, 0.2) is 41.4 Å². The van der Waals surface area contributed by atoms with Crippen molar-refractivity contribution >= 4 is 23.3 Å². The van der Waals surface area contributed by atoms with Gasteiger partial charge in [-0.3, -0.25) is 25.2 Å². The number of phenols is 1. The highest BCUT2D eigenvalue weighted by Crippen LogP contribution is 2.34. The minimum absolute atomic E-state index is 0.0401. The Morgan fingerprint density at radius 1 is 1.11 bits per heavy atom. The number of nitrogens with zero attached hydrogens (tertiary/aromatic N) is 3. The molecule has 0 aliphatic heterocycles. The second kappa shape index (κ2) is 8.33. The largest absolute Gasteiger partial charge is 0.507 e. The summed E-state index contributed by atoms with van der Waals surface area (Å²) in [7, 11) is 0. The van der Waals surface area contributed by atoms with Gasteiger partial charge in [0, 0.05) is 36.5 Å². The molecule has 2 aromatic carbocycles. The normalized spacial score (nSPS) is 11.5. The number of aromatic hydroxyl groups is 1. The Balaban J connectivity index is 2.04. The number of benzene rings is 2. The topological polar surface area (TPSA) is 131 Å². The van der Waals surface area contributed by atoms with Crippen LogP contribution in [-0.2, 0) is 6.18 Å². The van der Waals surface area contributed by atoms with Crippen LogP contribution in [0.3, 0.4) is 0 Å². The lowest BCUT2D eigenvalue weighted by Crippen LogP contribution is -2.10. The number of nitro benzene ring substituents is 2. The Morgan fingerprint density at radius 2 is 1.82 bits per heavy atom. The predicted molar refractivity (Wildman–Crippen MR) is 93.8 cm³/mol. The number of non-ortho nitro benzene ring substituents is 1. The molecule has 28 heavy (non-hydrogen) atoms. The molecule has 2 N–H and O–H groups in total. The van der Waals surface area contributed by atoms with E-state index in [2.05, 4.69) is 10.3 Å². The van der Waals surface area contributed by atoms with Gasteiger partial charge in [-0.25, -0.2) is 0 Å². The van der Waals surface area contributed by atoms with Gasteiger partial charge in [-0.1, -0.05) is 0 Å². The third-order valence-electron chi connectivity index (χ3n) is 3.53. The van der Waals surface area contributed by atoms with Gasteiger partial charge in [0.25, 0.3) is 11.4 Å². The zero-order chi connectivity index (χ0) is 20.9.